The molecule has 0 saturated heterocycles. The number of hydrogen-bond acceptors (Lipinski definition) is 3. The molecule has 2 atom stereocenters. The van der Waals surface area contributed by atoms with Crippen molar-refractivity contribution in [1.82, 2.24) is 10.3 Å². The molecule has 1 aromatic rings. The molecule has 0 aliphatic rings. The maximum Gasteiger partial charge on any atom is 0.0729 e. The summed E-state index contributed by atoms with van der Waals surface area (Å²) in [7, 11) is 1.98. The Morgan fingerprint density at radius 3 is 2.65 bits per heavy atom. The first kappa shape index (κ1) is 14.6. The van der Waals surface area contributed by atoms with Gasteiger partial charge in [0.15, 0.2) is 0 Å². The van der Waals surface area contributed by atoms with E-state index in [1.807, 2.05) is 32.3 Å². The number of nitrogens with zero attached hydrogens (tertiary/aromatic N) is 1. The normalized spacial score (nSPS) is 14.6. The zero-order valence-electron chi connectivity index (χ0n) is 10.7. The van der Waals surface area contributed by atoms with Crippen molar-refractivity contribution >= 4 is 15.9 Å². The monoisotopic (exact) mass is 300 g/mol. The molecule has 0 aromatic carbocycles. The van der Waals surface area contributed by atoms with Crippen LogP contribution in [-0.2, 0) is 11.2 Å². The zero-order chi connectivity index (χ0) is 12.7. The quantitative estimate of drug-likeness (QED) is 0.841. The predicted octanol–water partition coefficient (Wildman–Crippen LogP) is 2.79. The minimum Gasteiger partial charge on any atom is -0.377 e. The van der Waals surface area contributed by atoms with Crippen molar-refractivity contribution in [3.05, 3.63) is 28.5 Å². The summed E-state index contributed by atoms with van der Waals surface area (Å²) in [5, 5.41) is 3.32. The van der Waals surface area contributed by atoms with Crippen LogP contribution in [0.5, 0.6) is 0 Å². The summed E-state index contributed by atoms with van der Waals surface area (Å²) < 4.78 is 6.75. The fraction of sp³-hybridized carbons (Fsp3) is 0.615. The number of halogens is 1. The summed E-state index contributed by atoms with van der Waals surface area (Å²) >= 11 is 3.39. The van der Waals surface area contributed by atoms with Crippen LogP contribution in [0.3, 0.4) is 0 Å². The number of aromatic nitrogens is 1. The van der Waals surface area contributed by atoms with Gasteiger partial charge in [-0.1, -0.05) is 6.92 Å². The Kier molecular flexibility index (Phi) is 6.70. The molecule has 1 rings (SSSR count). The Morgan fingerprint density at radius 1 is 1.41 bits per heavy atom. The maximum absolute atomic E-state index is 5.74. The molecule has 0 spiro atoms. The highest BCUT2D eigenvalue weighted by Gasteiger charge is 2.19. The fourth-order valence-electron chi connectivity index (χ4n) is 1.90. The van der Waals surface area contributed by atoms with E-state index in [2.05, 4.69) is 33.2 Å². The molecular formula is C13H21BrN2O. The molecule has 1 N–H and O–H groups in total. The molecule has 1 heterocycles. The van der Waals surface area contributed by atoms with E-state index in [9.17, 15) is 0 Å². The number of nitrogens with one attached hydrogen (secondary N) is 1. The van der Waals surface area contributed by atoms with Crippen molar-refractivity contribution in [2.24, 2.45) is 0 Å². The molecule has 0 radical (unpaired) electrons. The van der Waals surface area contributed by atoms with Gasteiger partial charge >= 0.3 is 0 Å². The van der Waals surface area contributed by atoms with Crippen LogP contribution in [0.15, 0.2) is 22.8 Å². The largest absolute Gasteiger partial charge is 0.377 e. The van der Waals surface area contributed by atoms with Crippen LogP contribution >= 0.6 is 15.9 Å². The van der Waals surface area contributed by atoms with Crippen molar-refractivity contribution in [2.45, 2.75) is 38.8 Å². The Bertz CT molecular complexity index is 316. The van der Waals surface area contributed by atoms with Crippen molar-refractivity contribution in [3.8, 4) is 0 Å². The second kappa shape index (κ2) is 7.80. The third-order valence-electron chi connectivity index (χ3n) is 2.82. The van der Waals surface area contributed by atoms with Crippen LogP contribution in [0.4, 0.5) is 0 Å². The lowest BCUT2D eigenvalue weighted by molar-refractivity contribution is 0.0336. The van der Waals surface area contributed by atoms with E-state index in [4.69, 9.17) is 4.74 Å². The molecule has 1 aromatic heterocycles. The summed E-state index contributed by atoms with van der Waals surface area (Å²) in [5.74, 6) is 0. The van der Waals surface area contributed by atoms with Crippen molar-refractivity contribution in [2.75, 3.05) is 13.7 Å². The molecule has 0 bridgehead atoms. The molecule has 3 nitrogen and oxygen atoms in total. The van der Waals surface area contributed by atoms with Gasteiger partial charge in [0, 0.05) is 35.4 Å². The smallest absolute Gasteiger partial charge is 0.0729 e. The summed E-state index contributed by atoms with van der Waals surface area (Å²) in [6, 6.07) is 4.39. The van der Waals surface area contributed by atoms with Gasteiger partial charge in [0.1, 0.15) is 0 Å². The van der Waals surface area contributed by atoms with Crippen LogP contribution in [0.25, 0.3) is 0 Å². The van der Waals surface area contributed by atoms with E-state index in [0.717, 1.165) is 29.6 Å². The molecule has 0 saturated carbocycles. The third kappa shape index (κ3) is 4.74. The summed E-state index contributed by atoms with van der Waals surface area (Å²) in [6.07, 6.45) is 3.98. The van der Waals surface area contributed by atoms with Crippen molar-refractivity contribution in [1.29, 1.82) is 0 Å². The van der Waals surface area contributed by atoms with Gasteiger partial charge < -0.3 is 10.1 Å². The Balaban J connectivity index is 2.64. The van der Waals surface area contributed by atoms with Gasteiger partial charge in [-0.15, -0.1) is 0 Å². The van der Waals surface area contributed by atoms with E-state index in [1.54, 1.807) is 0 Å². The van der Waals surface area contributed by atoms with E-state index in [1.165, 1.54) is 0 Å². The highest BCUT2D eigenvalue weighted by molar-refractivity contribution is 9.10. The van der Waals surface area contributed by atoms with Crippen LogP contribution in [0.2, 0.25) is 0 Å². The molecule has 96 valence electrons. The van der Waals surface area contributed by atoms with Gasteiger partial charge in [0.2, 0.25) is 0 Å². The zero-order valence-corrected chi connectivity index (χ0v) is 12.3. The second-order valence-corrected chi connectivity index (χ2v) is 4.88. The molecule has 0 fully saturated rings. The van der Waals surface area contributed by atoms with Gasteiger partial charge in [-0.3, -0.25) is 4.98 Å². The van der Waals surface area contributed by atoms with Crippen molar-refractivity contribution < 1.29 is 4.74 Å². The average molecular weight is 301 g/mol. The minimum atomic E-state index is 0.246. The van der Waals surface area contributed by atoms with Crippen LogP contribution in [0, 0.1) is 0 Å². The first-order valence-electron chi connectivity index (χ1n) is 6.10. The molecule has 2 unspecified atom stereocenters. The van der Waals surface area contributed by atoms with Gasteiger partial charge in [0.25, 0.3) is 0 Å². The third-order valence-corrected chi connectivity index (χ3v) is 3.29. The Morgan fingerprint density at radius 2 is 2.18 bits per heavy atom. The van der Waals surface area contributed by atoms with Crippen LogP contribution in [-0.4, -0.2) is 30.8 Å². The highest BCUT2D eigenvalue weighted by atomic mass is 79.9. The van der Waals surface area contributed by atoms with Gasteiger partial charge in [-0.05, 0) is 48.5 Å². The number of likely N-dealkylation sites (N-methyl/N-ethyl adjacent to an activating group) is 1. The van der Waals surface area contributed by atoms with E-state index in [-0.39, 0.29) is 6.10 Å². The summed E-state index contributed by atoms with van der Waals surface area (Å²) in [4.78, 5) is 4.40. The molecule has 0 amide bonds. The summed E-state index contributed by atoms with van der Waals surface area (Å²) in [6.45, 7) is 4.94. The maximum atomic E-state index is 5.74. The topological polar surface area (TPSA) is 34.1 Å². The summed E-state index contributed by atoms with van der Waals surface area (Å²) in [5.41, 5.74) is 1.09. The Labute approximate surface area is 112 Å². The number of ether oxygens (including phenoxy) is 1. The van der Waals surface area contributed by atoms with E-state index in [0.29, 0.717) is 6.04 Å². The fourth-order valence-corrected chi connectivity index (χ4v) is 2.14. The van der Waals surface area contributed by atoms with Gasteiger partial charge in [0.05, 0.1) is 6.10 Å². The van der Waals surface area contributed by atoms with E-state index < -0.39 is 0 Å². The molecule has 0 aliphatic heterocycles. The highest BCUT2D eigenvalue weighted by Crippen LogP contribution is 2.12. The minimum absolute atomic E-state index is 0.246. The van der Waals surface area contributed by atoms with Gasteiger partial charge in [-0.25, -0.2) is 0 Å². The average Bonchev–Trinajstić information content (AvgIpc) is 2.36. The Hall–Kier alpha value is -0.450. The predicted molar refractivity (Wildman–Crippen MR) is 74.2 cm³/mol. The standard InChI is InChI=1S/C13H21BrN2O/c1-4-13(17-5-2)12(15-3)8-11-7-6-10(14)9-16-11/h6-7,9,12-13,15H,4-5,8H2,1-3H3. The SMILES string of the molecule is CCOC(CC)C(Cc1ccc(Br)cn1)NC. The first-order valence-corrected chi connectivity index (χ1v) is 6.89. The first-order chi connectivity index (χ1) is 8.21. The van der Waals surface area contributed by atoms with Gasteiger partial charge in [-0.2, -0.15) is 0 Å². The number of pyridine rings is 1. The number of hydrogen-bond donors (Lipinski definition) is 1. The lowest BCUT2D eigenvalue weighted by Crippen LogP contribution is -2.41. The van der Waals surface area contributed by atoms with E-state index >= 15 is 0 Å². The van der Waals surface area contributed by atoms with Crippen LogP contribution < -0.4 is 5.32 Å². The molecular weight excluding hydrogens is 280 g/mol. The lowest BCUT2D eigenvalue weighted by atomic mass is 10.0. The molecule has 0 aliphatic carbocycles. The molecule has 4 heteroatoms. The lowest BCUT2D eigenvalue weighted by Gasteiger charge is -2.25. The van der Waals surface area contributed by atoms with Crippen LogP contribution in [0.1, 0.15) is 26.0 Å². The second-order valence-electron chi connectivity index (χ2n) is 3.97. The number of rotatable bonds is 7. The molecule has 17 heavy (non-hydrogen) atoms. The van der Waals surface area contributed by atoms with Crippen molar-refractivity contribution in [3.63, 3.8) is 0 Å².